The summed E-state index contributed by atoms with van der Waals surface area (Å²) in [7, 11) is 0. The highest BCUT2D eigenvalue weighted by Gasteiger charge is 2.36. The first-order chi connectivity index (χ1) is 20.0. The summed E-state index contributed by atoms with van der Waals surface area (Å²) in [6, 6.07) is 15.1. The lowest BCUT2D eigenvalue weighted by molar-refractivity contribution is -0.122. The van der Waals surface area contributed by atoms with Crippen LogP contribution in [0.3, 0.4) is 0 Å². The number of rotatable bonds is 5. The van der Waals surface area contributed by atoms with Gasteiger partial charge in [0, 0.05) is 52.5 Å². The van der Waals surface area contributed by atoms with Crippen molar-refractivity contribution in [1.82, 2.24) is 25.2 Å². The predicted octanol–water partition coefficient (Wildman–Crippen LogP) is 3.84. The van der Waals surface area contributed by atoms with Crippen molar-refractivity contribution in [1.29, 1.82) is 0 Å². The van der Waals surface area contributed by atoms with Crippen LogP contribution in [0.4, 0.5) is 0 Å². The Morgan fingerprint density at radius 1 is 1.00 bits per heavy atom. The zero-order valence-corrected chi connectivity index (χ0v) is 22.1. The SMILES string of the molecule is NC(Cc1cccnc1)C(=O)NCc1ccc2c(c1)[nH]c1c2c2c(c3c4cccc5c4n(c13)CCC5)C(=O)NC2=O. The van der Waals surface area contributed by atoms with Gasteiger partial charge in [0.05, 0.1) is 33.7 Å². The molecule has 1 unspecified atom stereocenters. The molecule has 9 heteroatoms. The van der Waals surface area contributed by atoms with Gasteiger partial charge in [-0.15, -0.1) is 0 Å². The van der Waals surface area contributed by atoms with Crippen LogP contribution >= 0.6 is 0 Å². The fraction of sp³-hybridized carbons (Fsp3) is 0.188. The van der Waals surface area contributed by atoms with Crippen LogP contribution in [-0.2, 0) is 30.7 Å². The number of nitrogens with one attached hydrogen (secondary N) is 3. The molecule has 9 nitrogen and oxygen atoms in total. The van der Waals surface area contributed by atoms with Gasteiger partial charge in [0.1, 0.15) is 0 Å². The molecule has 1 atom stereocenters. The Morgan fingerprint density at radius 2 is 1.85 bits per heavy atom. The lowest BCUT2D eigenvalue weighted by atomic mass is 9.96. The summed E-state index contributed by atoms with van der Waals surface area (Å²) in [4.78, 5) is 46.8. The van der Waals surface area contributed by atoms with Crippen molar-refractivity contribution in [2.45, 2.75) is 38.4 Å². The Bertz CT molecular complexity index is 2110. The van der Waals surface area contributed by atoms with Gasteiger partial charge in [-0.05, 0) is 48.1 Å². The van der Waals surface area contributed by atoms with E-state index in [-0.39, 0.29) is 17.7 Å². The van der Waals surface area contributed by atoms with Crippen LogP contribution in [0.2, 0.25) is 0 Å². The first-order valence-corrected chi connectivity index (χ1v) is 13.8. The number of nitrogens with zero attached hydrogens (tertiary/aromatic N) is 2. The van der Waals surface area contributed by atoms with Gasteiger partial charge in [-0.1, -0.05) is 36.4 Å². The number of amides is 3. The fourth-order valence-corrected chi connectivity index (χ4v) is 6.76. The van der Waals surface area contributed by atoms with Crippen molar-refractivity contribution in [2.75, 3.05) is 0 Å². The number of para-hydroxylation sites is 1. The van der Waals surface area contributed by atoms with Crippen molar-refractivity contribution < 1.29 is 14.4 Å². The minimum atomic E-state index is -0.687. The molecule has 2 aliphatic heterocycles. The maximum Gasteiger partial charge on any atom is 0.259 e. The highest BCUT2D eigenvalue weighted by Crippen LogP contribution is 2.45. The number of hydrogen-bond acceptors (Lipinski definition) is 5. The van der Waals surface area contributed by atoms with E-state index >= 15 is 0 Å². The standard InChI is InChI=1S/C32H26N6O3/c33-21(12-16-4-2-10-34-14-16)30(39)35-15-17-8-9-19-22(13-17)36-27-23(19)25-26(32(41)37-31(25)40)24-20-7-1-5-18-6-3-11-38(28(18)20)29(24)27/h1-2,4-5,7-10,13-14,21,36H,3,6,11-12,15,33H2,(H,35,39)(H,37,40,41). The van der Waals surface area contributed by atoms with Crippen molar-refractivity contribution in [3.05, 3.63) is 88.7 Å². The van der Waals surface area contributed by atoms with Gasteiger partial charge in [-0.3, -0.25) is 24.7 Å². The largest absolute Gasteiger partial charge is 0.353 e. The van der Waals surface area contributed by atoms with E-state index in [9.17, 15) is 14.4 Å². The number of aromatic amines is 1. The third kappa shape index (κ3) is 3.45. The van der Waals surface area contributed by atoms with Crippen LogP contribution in [0.25, 0.3) is 43.6 Å². The van der Waals surface area contributed by atoms with Crippen LogP contribution in [-0.4, -0.2) is 38.3 Å². The average molecular weight is 543 g/mol. The molecule has 202 valence electrons. The smallest absolute Gasteiger partial charge is 0.259 e. The number of imide groups is 1. The number of hydrogen-bond donors (Lipinski definition) is 4. The maximum absolute atomic E-state index is 13.2. The number of fused-ring (bicyclic) bond motifs is 10. The summed E-state index contributed by atoms with van der Waals surface area (Å²) in [5.41, 5.74) is 13.9. The van der Waals surface area contributed by atoms with Crippen LogP contribution in [0.1, 0.15) is 43.8 Å². The Balaban J connectivity index is 1.24. The van der Waals surface area contributed by atoms with Gasteiger partial charge in [-0.25, -0.2) is 0 Å². The summed E-state index contributed by atoms with van der Waals surface area (Å²) in [6.45, 7) is 1.15. The minimum Gasteiger partial charge on any atom is -0.353 e. The zero-order chi connectivity index (χ0) is 27.8. The number of pyridine rings is 1. The van der Waals surface area contributed by atoms with Crippen molar-refractivity contribution in [3.63, 3.8) is 0 Å². The molecule has 41 heavy (non-hydrogen) atoms. The molecule has 6 aromatic rings. The van der Waals surface area contributed by atoms with E-state index in [0.717, 1.165) is 74.1 Å². The monoisotopic (exact) mass is 542 g/mol. The van der Waals surface area contributed by atoms with Crippen LogP contribution in [0, 0.1) is 0 Å². The number of benzene rings is 3. The molecular weight excluding hydrogens is 516 g/mol. The van der Waals surface area contributed by atoms with Gasteiger partial charge in [0.25, 0.3) is 11.8 Å². The molecule has 0 saturated heterocycles. The molecule has 3 aromatic heterocycles. The Labute approximate surface area is 233 Å². The first-order valence-electron chi connectivity index (χ1n) is 13.8. The highest BCUT2D eigenvalue weighted by atomic mass is 16.2. The highest BCUT2D eigenvalue weighted by molar-refractivity contribution is 6.39. The predicted molar refractivity (Wildman–Crippen MR) is 157 cm³/mol. The molecule has 8 rings (SSSR count). The topological polar surface area (TPSA) is 135 Å². The number of carbonyl (C=O) groups excluding carboxylic acids is 3. The summed E-state index contributed by atoms with van der Waals surface area (Å²) in [5, 5.41) is 8.94. The second-order valence-corrected chi connectivity index (χ2v) is 11.0. The summed E-state index contributed by atoms with van der Waals surface area (Å²) in [6.07, 6.45) is 5.79. The summed E-state index contributed by atoms with van der Waals surface area (Å²) >= 11 is 0. The molecule has 0 spiro atoms. The minimum absolute atomic E-state index is 0.241. The van der Waals surface area contributed by atoms with E-state index in [1.54, 1.807) is 12.4 Å². The van der Waals surface area contributed by atoms with Gasteiger partial charge in [0.2, 0.25) is 5.91 Å². The quantitative estimate of drug-likeness (QED) is 0.246. The summed E-state index contributed by atoms with van der Waals surface area (Å²) in [5.74, 6) is -0.962. The zero-order valence-electron chi connectivity index (χ0n) is 22.1. The van der Waals surface area contributed by atoms with E-state index in [0.29, 0.717) is 24.1 Å². The lowest BCUT2D eigenvalue weighted by Gasteiger charge is -2.16. The molecule has 0 radical (unpaired) electrons. The Kier molecular flexibility index (Phi) is 5.08. The third-order valence-electron chi connectivity index (χ3n) is 8.51. The molecule has 5 N–H and O–H groups in total. The normalized spacial score (nSPS) is 15.1. The first kappa shape index (κ1) is 23.8. The van der Waals surface area contributed by atoms with Crippen LogP contribution < -0.4 is 16.4 Å². The summed E-state index contributed by atoms with van der Waals surface area (Å²) < 4.78 is 2.31. The molecule has 3 aromatic carbocycles. The van der Waals surface area contributed by atoms with E-state index in [4.69, 9.17) is 5.73 Å². The number of carbonyl (C=O) groups is 3. The van der Waals surface area contributed by atoms with Gasteiger partial charge in [0.15, 0.2) is 0 Å². The molecule has 0 fully saturated rings. The average Bonchev–Trinajstić information content (AvgIpc) is 3.62. The van der Waals surface area contributed by atoms with Gasteiger partial charge < -0.3 is 20.6 Å². The van der Waals surface area contributed by atoms with E-state index in [1.807, 2.05) is 42.5 Å². The molecule has 0 bridgehead atoms. The van der Waals surface area contributed by atoms with Crippen LogP contribution in [0.15, 0.2) is 60.9 Å². The molecule has 3 amide bonds. The van der Waals surface area contributed by atoms with E-state index in [2.05, 4.69) is 31.2 Å². The van der Waals surface area contributed by atoms with Crippen molar-refractivity contribution in [2.24, 2.45) is 5.73 Å². The van der Waals surface area contributed by atoms with Crippen molar-refractivity contribution >= 4 is 61.3 Å². The second-order valence-electron chi connectivity index (χ2n) is 11.0. The van der Waals surface area contributed by atoms with E-state index < -0.39 is 6.04 Å². The second kappa shape index (κ2) is 8.74. The van der Waals surface area contributed by atoms with Crippen LogP contribution in [0.5, 0.6) is 0 Å². The molecule has 0 saturated carbocycles. The molecule has 2 aliphatic rings. The number of aryl methyl sites for hydroxylation is 2. The Hall–Kier alpha value is -5.02. The number of nitrogens with two attached hydrogens (primary N) is 1. The Morgan fingerprint density at radius 3 is 2.68 bits per heavy atom. The van der Waals surface area contributed by atoms with Gasteiger partial charge >= 0.3 is 0 Å². The van der Waals surface area contributed by atoms with Gasteiger partial charge in [-0.2, -0.15) is 0 Å². The maximum atomic E-state index is 13.2. The fourth-order valence-electron chi connectivity index (χ4n) is 6.76. The molecular formula is C32H26N6O3. The molecule has 0 aliphatic carbocycles. The third-order valence-corrected chi connectivity index (χ3v) is 8.51. The van der Waals surface area contributed by atoms with Crippen molar-refractivity contribution in [3.8, 4) is 0 Å². The number of aromatic nitrogens is 3. The number of H-pyrrole nitrogens is 1. The van der Waals surface area contributed by atoms with E-state index in [1.165, 1.54) is 5.56 Å². The lowest BCUT2D eigenvalue weighted by Crippen LogP contribution is -2.41. The molecule has 5 heterocycles.